The van der Waals surface area contributed by atoms with Crippen LogP contribution < -0.4 is 5.32 Å². The Morgan fingerprint density at radius 1 is 1.33 bits per heavy atom. The Hall–Kier alpha value is -1.13. The van der Waals surface area contributed by atoms with Crippen LogP contribution >= 0.6 is 15.9 Å². The highest BCUT2D eigenvalue weighted by Crippen LogP contribution is 2.29. The molecule has 1 aliphatic carbocycles. The van der Waals surface area contributed by atoms with E-state index in [1.807, 2.05) is 12.1 Å². The third kappa shape index (κ3) is 3.06. The summed E-state index contributed by atoms with van der Waals surface area (Å²) >= 11 is 3.62. The largest absolute Gasteiger partial charge is 0.313 e. The molecule has 21 heavy (non-hydrogen) atoms. The molecule has 1 aliphatic rings. The first-order valence-electron chi connectivity index (χ1n) is 7.62. The molecular weight excluding hydrogens is 326 g/mol. The second-order valence-corrected chi connectivity index (χ2v) is 6.89. The van der Waals surface area contributed by atoms with Gasteiger partial charge in [0.05, 0.1) is 11.4 Å². The number of rotatable bonds is 5. The van der Waals surface area contributed by atoms with Crippen LogP contribution in [0.4, 0.5) is 0 Å². The number of aromatic nitrogens is 2. The predicted octanol–water partition coefficient (Wildman–Crippen LogP) is 4.11. The number of benzene rings is 1. The fourth-order valence-electron chi connectivity index (χ4n) is 2.96. The van der Waals surface area contributed by atoms with Gasteiger partial charge in [0.1, 0.15) is 0 Å². The van der Waals surface area contributed by atoms with Crippen LogP contribution in [-0.4, -0.2) is 22.4 Å². The van der Waals surface area contributed by atoms with E-state index in [-0.39, 0.29) is 0 Å². The lowest BCUT2D eigenvalue weighted by molar-refractivity contribution is 0.607. The van der Waals surface area contributed by atoms with Crippen molar-refractivity contribution < 1.29 is 0 Å². The minimum Gasteiger partial charge on any atom is -0.313 e. The van der Waals surface area contributed by atoms with Crippen molar-refractivity contribution in [1.82, 2.24) is 15.1 Å². The number of hydrogen-bond donors (Lipinski definition) is 1. The summed E-state index contributed by atoms with van der Waals surface area (Å²) in [6, 6.07) is 8.99. The van der Waals surface area contributed by atoms with Gasteiger partial charge in [0.25, 0.3) is 0 Å². The number of nitrogens with zero attached hydrogens (tertiary/aromatic N) is 2. The van der Waals surface area contributed by atoms with Gasteiger partial charge < -0.3 is 5.32 Å². The van der Waals surface area contributed by atoms with E-state index < -0.39 is 0 Å². The molecule has 0 amide bonds. The summed E-state index contributed by atoms with van der Waals surface area (Å²) in [5.74, 6) is 0.488. The number of para-hydroxylation sites is 1. The first kappa shape index (κ1) is 14.8. The van der Waals surface area contributed by atoms with Gasteiger partial charge >= 0.3 is 0 Å². The van der Waals surface area contributed by atoms with E-state index in [1.54, 1.807) is 0 Å². The molecule has 0 saturated heterocycles. The van der Waals surface area contributed by atoms with Crippen molar-refractivity contribution in [3.63, 3.8) is 0 Å². The standard InChI is InChI=1S/C17H22BrN3/c1-11(10-19-14-8-9-14)17-12(2)20-21(13(17)3)16-7-5-4-6-15(16)18/h4-7,11,14,19H,8-10H2,1-3H3. The average molecular weight is 348 g/mol. The van der Waals surface area contributed by atoms with E-state index in [0.717, 1.165) is 28.4 Å². The molecule has 3 rings (SSSR count). The third-order valence-corrected chi connectivity index (χ3v) is 4.88. The van der Waals surface area contributed by atoms with Crippen molar-refractivity contribution in [2.24, 2.45) is 0 Å². The second-order valence-electron chi connectivity index (χ2n) is 6.03. The summed E-state index contributed by atoms with van der Waals surface area (Å²) in [7, 11) is 0. The van der Waals surface area contributed by atoms with Gasteiger partial charge in [0, 0.05) is 28.3 Å². The maximum atomic E-state index is 4.76. The zero-order valence-electron chi connectivity index (χ0n) is 12.9. The normalized spacial score (nSPS) is 16.2. The molecule has 112 valence electrons. The molecule has 1 N–H and O–H groups in total. The number of hydrogen-bond acceptors (Lipinski definition) is 2. The van der Waals surface area contributed by atoms with E-state index in [2.05, 4.69) is 58.8 Å². The lowest BCUT2D eigenvalue weighted by atomic mass is 9.99. The molecule has 0 radical (unpaired) electrons. The first-order chi connectivity index (χ1) is 10.1. The average Bonchev–Trinajstić information content (AvgIpc) is 3.23. The van der Waals surface area contributed by atoms with Crippen LogP contribution in [0.3, 0.4) is 0 Å². The number of aryl methyl sites for hydroxylation is 1. The highest BCUT2D eigenvalue weighted by Gasteiger charge is 2.24. The molecule has 0 spiro atoms. The van der Waals surface area contributed by atoms with Crippen LogP contribution in [0, 0.1) is 13.8 Å². The van der Waals surface area contributed by atoms with E-state index in [0.29, 0.717) is 5.92 Å². The maximum absolute atomic E-state index is 4.76. The Morgan fingerprint density at radius 2 is 2.05 bits per heavy atom. The van der Waals surface area contributed by atoms with Gasteiger partial charge in [0.2, 0.25) is 0 Å². The summed E-state index contributed by atoms with van der Waals surface area (Å²) in [5, 5.41) is 8.39. The Morgan fingerprint density at radius 3 is 2.71 bits per heavy atom. The molecular formula is C17H22BrN3. The van der Waals surface area contributed by atoms with Crippen LogP contribution in [0.15, 0.2) is 28.7 Å². The molecule has 1 fully saturated rings. The lowest BCUT2D eigenvalue weighted by Crippen LogP contribution is -2.22. The molecule has 0 bridgehead atoms. The van der Waals surface area contributed by atoms with Crippen LogP contribution in [0.25, 0.3) is 5.69 Å². The van der Waals surface area contributed by atoms with Crippen molar-refractivity contribution in [3.8, 4) is 5.69 Å². The quantitative estimate of drug-likeness (QED) is 0.881. The third-order valence-electron chi connectivity index (χ3n) is 4.21. The monoisotopic (exact) mass is 347 g/mol. The van der Waals surface area contributed by atoms with Gasteiger partial charge in [-0.2, -0.15) is 5.10 Å². The molecule has 1 aromatic carbocycles. The van der Waals surface area contributed by atoms with E-state index in [1.165, 1.54) is 24.1 Å². The fourth-order valence-corrected chi connectivity index (χ4v) is 3.41. The van der Waals surface area contributed by atoms with E-state index in [4.69, 9.17) is 5.10 Å². The van der Waals surface area contributed by atoms with Gasteiger partial charge in [-0.1, -0.05) is 19.1 Å². The van der Waals surface area contributed by atoms with Crippen molar-refractivity contribution in [2.75, 3.05) is 6.54 Å². The predicted molar refractivity (Wildman–Crippen MR) is 90.2 cm³/mol. The Bertz CT molecular complexity index is 643. The van der Waals surface area contributed by atoms with Crippen molar-refractivity contribution in [3.05, 3.63) is 45.7 Å². The van der Waals surface area contributed by atoms with Gasteiger partial charge in [-0.05, 0) is 60.7 Å². The minimum atomic E-state index is 0.488. The van der Waals surface area contributed by atoms with Crippen molar-refractivity contribution in [2.45, 2.75) is 45.6 Å². The molecule has 1 unspecified atom stereocenters. The SMILES string of the molecule is Cc1nn(-c2ccccc2Br)c(C)c1C(C)CNC1CC1. The topological polar surface area (TPSA) is 29.9 Å². The van der Waals surface area contributed by atoms with E-state index in [9.17, 15) is 0 Å². The molecule has 1 aromatic heterocycles. The Balaban J connectivity index is 1.90. The summed E-state index contributed by atoms with van der Waals surface area (Å²) in [4.78, 5) is 0. The molecule has 1 saturated carbocycles. The van der Waals surface area contributed by atoms with Crippen LogP contribution in [0.2, 0.25) is 0 Å². The number of nitrogens with one attached hydrogen (secondary N) is 1. The Labute approximate surface area is 134 Å². The minimum absolute atomic E-state index is 0.488. The molecule has 1 atom stereocenters. The zero-order valence-corrected chi connectivity index (χ0v) is 14.4. The first-order valence-corrected chi connectivity index (χ1v) is 8.41. The summed E-state index contributed by atoms with van der Waals surface area (Å²) in [6.45, 7) is 7.61. The Kier molecular flexibility index (Phi) is 4.18. The highest BCUT2D eigenvalue weighted by atomic mass is 79.9. The van der Waals surface area contributed by atoms with Gasteiger partial charge in [-0.15, -0.1) is 0 Å². The van der Waals surface area contributed by atoms with Gasteiger partial charge in [0.15, 0.2) is 0 Å². The summed E-state index contributed by atoms with van der Waals surface area (Å²) in [6.07, 6.45) is 2.67. The molecule has 4 heteroatoms. The lowest BCUT2D eigenvalue weighted by Gasteiger charge is -2.14. The molecule has 1 heterocycles. The highest BCUT2D eigenvalue weighted by molar-refractivity contribution is 9.10. The van der Waals surface area contributed by atoms with Gasteiger partial charge in [-0.3, -0.25) is 0 Å². The smallest absolute Gasteiger partial charge is 0.0790 e. The van der Waals surface area contributed by atoms with Gasteiger partial charge in [-0.25, -0.2) is 4.68 Å². The van der Waals surface area contributed by atoms with Crippen molar-refractivity contribution >= 4 is 15.9 Å². The van der Waals surface area contributed by atoms with Crippen LogP contribution in [0.5, 0.6) is 0 Å². The maximum Gasteiger partial charge on any atom is 0.0790 e. The second kappa shape index (κ2) is 5.93. The van der Waals surface area contributed by atoms with E-state index >= 15 is 0 Å². The zero-order chi connectivity index (χ0) is 15.0. The van der Waals surface area contributed by atoms with Crippen LogP contribution in [-0.2, 0) is 0 Å². The summed E-state index contributed by atoms with van der Waals surface area (Å²) in [5.41, 5.74) is 4.85. The number of halogens is 1. The fraction of sp³-hybridized carbons (Fsp3) is 0.471. The molecule has 2 aromatic rings. The molecule has 0 aliphatic heterocycles. The molecule has 3 nitrogen and oxygen atoms in total. The summed E-state index contributed by atoms with van der Waals surface area (Å²) < 4.78 is 3.13. The van der Waals surface area contributed by atoms with Crippen molar-refractivity contribution in [1.29, 1.82) is 0 Å². The van der Waals surface area contributed by atoms with Crippen LogP contribution in [0.1, 0.15) is 42.6 Å².